The van der Waals surface area contributed by atoms with Crippen LogP contribution in [0.25, 0.3) is 71.3 Å². The van der Waals surface area contributed by atoms with Crippen molar-refractivity contribution in [3.8, 4) is 16.8 Å². The quantitative estimate of drug-likeness (QED) is 0.190. The summed E-state index contributed by atoms with van der Waals surface area (Å²) in [6, 6.07) is 65.0. The lowest BCUT2D eigenvalue weighted by Gasteiger charge is -2.26. The lowest BCUT2D eigenvalue weighted by atomic mass is 10.0. The fraction of sp³-hybridized carbons (Fsp3) is 0. The van der Waals surface area contributed by atoms with Crippen molar-refractivity contribution < 1.29 is 4.42 Å². The fourth-order valence-electron chi connectivity index (χ4n) is 7.47. The van der Waals surface area contributed by atoms with Crippen LogP contribution in [0.2, 0.25) is 0 Å². The van der Waals surface area contributed by atoms with Crippen LogP contribution in [0.4, 0.5) is 17.1 Å². The normalized spacial score (nSPS) is 11.7. The molecule has 2 aromatic heterocycles. The fourth-order valence-corrected chi connectivity index (χ4v) is 7.47. The van der Waals surface area contributed by atoms with Gasteiger partial charge in [0, 0.05) is 49.7 Å². The Morgan fingerprint density at radius 2 is 1.00 bits per heavy atom. The van der Waals surface area contributed by atoms with Gasteiger partial charge in [-0.15, -0.1) is 0 Å². The zero-order valence-electron chi connectivity index (χ0n) is 26.6. The molecule has 0 aliphatic heterocycles. The molecule has 8 aromatic carbocycles. The number of benzene rings is 8. The van der Waals surface area contributed by atoms with Crippen molar-refractivity contribution in [3.63, 3.8) is 0 Å². The minimum atomic E-state index is 0.914. The Balaban J connectivity index is 1.18. The van der Waals surface area contributed by atoms with Crippen molar-refractivity contribution in [3.05, 3.63) is 182 Å². The van der Waals surface area contributed by atoms with E-state index < -0.39 is 0 Å². The first kappa shape index (κ1) is 27.5. The van der Waals surface area contributed by atoms with E-state index in [1.54, 1.807) is 0 Å². The first-order chi connectivity index (χ1) is 24.3. The second-order valence-corrected chi connectivity index (χ2v) is 12.6. The number of hydrogen-bond acceptors (Lipinski definition) is 2. The summed E-state index contributed by atoms with van der Waals surface area (Å²) in [6.45, 7) is 0. The predicted molar refractivity (Wildman–Crippen MR) is 206 cm³/mol. The zero-order valence-corrected chi connectivity index (χ0v) is 26.6. The number of fused-ring (bicyclic) bond motifs is 8. The van der Waals surface area contributed by atoms with E-state index in [0.29, 0.717) is 0 Å². The summed E-state index contributed by atoms with van der Waals surface area (Å²) in [5, 5.41) is 6.98. The van der Waals surface area contributed by atoms with E-state index in [2.05, 4.69) is 179 Å². The summed E-state index contributed by atoms with van der Waals surface area (Å²) < 4.78 is 8.77. The molecule has 0 radical (unpaired) electrons. The molecule has 49 heavy (non-hydrogen) atoms. The summed E-state index contributed by atoms with van der Waals surface area (Å²) in [5.41, 5.74) is 11.0. The van der Waals surface area contributed by atoms with E-state index >= 15 is 0 Å². The van der Waals surface area contributed by atoms with Crippen molar-refractivity contribution in [1.82, 2.24) is 4.57 Å². The zero-order chi connectivity index (χ0) is 32.3. The maximum Gasteiger partial charge on any atom is 0.143 e. The van der Waals surface area contributed by atoms with Crippen molar-refractivity contribution in [1.29, 1.82) is 0 Å². The Hall–Kier alpha value is -6.58. The highest BCUT2D eigenvalue weighted by atomic mass is 16.3. The van der Waals surface area contributed by atoms with E-state index in [0.717, 1.165) is 55.5 Å². The van der Waals surface area contributed by atoms with Gasteiger partial charge in [-0.2, -0.15) is 0 Å². The van der Waals surface area contributed by atoms with Crippen molar-refractivity contribution in [2.45, 2.75) is 0 Å². The van der Waals surface area contributed by atoms with Gasteiger partial charge in [0.1, 0.15) is 11.2 Å². The Kier molecular flexibility index (Phi) is 6.18. The van der Waals surface area contributed by atoms with Crippen molar-refractivity contribution in [2.24, 2.45) is 0 Å². The third-order valence-corrected chi connectivity index (χ3v) is 9.76. The van der Waals surface area contributed by atoms with E-state index in [-0.39, 0.29) is 0 Å². The maximum atomic E-state index is 6.40. The van der Waals surface area contributed by atoms with Crippen LogP contribution in [0.1, 0.15) is 0 Å². The molecular weight excluding hydrogens is 597 g/mol. The molecule has 0 N–H and O–H groups in total. The van der Waals surface area contributed by atoms with Crippen LogP contribution in [-0.2, 0) is 0 Å². The van der Waals surface area contributed by atoms with E-state index in [4.69, 9.17) is 4.42 Å². The highest BCUT2D eigenvalue weighted by Crippen LogP contribution is 2.42. The van der Waals surface area contributed by atoms with Crippen LogP contribution in [0, 0.1) is 0 Å². The van der Waals surface area contributed by atoms with Crippen LogP contribution in [0.15, 0.2) is 186 Å². The lowest BCUT2D eigenvalue weighted by Crippen LogP contribution is -2.10. The van der Waals surface area contributed by atoms with Crippen LogP contribution < -0.4 is 4.90 Å². The molecule has 2 heterocycles. The summed E-state index contributed by atoms with van der Waals surface area (Å²) >= 11 is 0. The number of nitrogens with zero attached hydrogens (tertiary/aromatic N) is 2. The molecule has 3 nitrogen and oxygen atoms in total. The standard InChI is InChI=1S/C46H30N2O/c1-3-11-31(12-4-1)32-19-22-35(23-20-32)47(36-24-27-38-33(29-36)21-26-41-40-16-8-10-18-45(40)49-46(38)41)37-25-28-44-42(30-37)39-15-7-9-17-43(39)48(44)34-13-5-2-6-14-34/h1-30H. The molecule has 0 unspecified atom stereocenters. The van der Waals surface area contributed by atoms with Crippen LogP contribution in [-0.4, -0.2) is 4.57 Å². The second-order valence-electron chi connectivity index (χ2n) is 12.6. The Morgan fingerprint density at radius 1 is 0.388 bits per heavy atom. The average molecular weight is 627 g/mol. The molecule has 0 atom stereocenters. The number of furan rings is 1. The minimum absolute atomic E-state index is 0.914. The topological polar surface area (TPSA) is 21.3 Å². The summed E-state index contributed by atoms with van der Waals surface area (Å²) in [7, 11) is 0. The molecule has 0 saturated carbocycles. The molecule has 0 bridgehead atoms. The highest BCUT2D eigenvalue weighted by molar-refractivity contribution is 6.15. The molecule has 3 heteroatoms. The second kappa shape index (κ2) is 11.0. The third-order valence-electron chi connectivity index (χ3n) is 9.76. The maximum absolute atomic E-state index is 6.40. The van der Waals surface area contributed by atoms with Gasteiger partial charge in [0.2, 0.25) is 0 Å². The average Bonchev–Trinajstić information content (AvgIpc) is 3.72. The molecule has 10 rings (SSSR count). The first-order valence-electron chi connectivity index (χ1n) is 16.7. The van der Waals surface area contributed by atoms with E-state index in [9.17, 15) is 0 Å². The van der Waals surface area contributed by atoms with Crippen LogP contribution in [0.5, 0.6) is 0 Å². The molecule has 0 amide bonds. The largest absolute Gasteiger partial charge is 0.455 e. The molecule has 0 saturated heterocycles. The molecule has 230 valence electrons. The van der Waals surface area contributed by atoms with Gasteiger partial charge >= 0.3 is 0 Å². The number of anilines is 3. The van der Waals surface area contributed by atoms with Gasteiger partial charge in [-0.25, -0.2) is 0 Å². The van der Waals surface area contributed by atoms with Gasteiger partial charge < -0.3 is 13.9 Å². The summed E-state index contributed by atoms with van der Waals surface area (Å²) in [5.74, 6) is 0. The number of rotatable bonds is 5. The molecule has 0 fully saturated rings. The third kappa shape index (κ3) is 4.44. The monoisotopic (exact) mass is 626 g/mol. The van der Waals surface area contributed by atoms with Crippen molar-refractivity contribution >= 4 is 71.6 Å². The molecule has 0 aliphatic carbocycles. The summed E-state index contributed by atoms with van der Waals surface area (Å²) in [6.07, 6.45) is 0. The first-order valence-corrected chi connectivity index (χ1v) is 16.7. The van der Waals surface area contributed by atoms with Gasteiger partial charge in [0.15, 0.2) is 0 Å². The highest BCUT2D eigenvalue weighted by Gasteiger charge is 2.19. The van der Waals surface area contributed by atoms with Crippen molar-refractivity contribution in [2.75, 3.05) is 4.90 Å². The minimum Gasteiger partial charge on any atom is -0.455 e. The Labute approximate surface area is 283 Å². The van der Waals surface area contributed by atoms with E-state index in [1.807, 2.05) is 12.1 Å². The summed E-state index contributed by atoms with van der Waals surface area (Å²) in [4.78, 5) is 2.37. The molecular formula is C46H30N2O. The smallest absolute Gasteiger partial charge is 0.143 e. The van der Waals surface area contributed by atoms with Crippen LogP contribution >= 0.6 is 0 Å². The van der Waals surface area contributed by atoms with Gasteiger partial charge in [-0.1, -0.05) is 103 Å². The number of para-hydroxylation sites is 3. The van der Waals surface area contributed by atoms with Gasteiger partial charge in [-0.3, -0.25) is 0 Å². The predicted octanol–water partition coefficient (Wildman–Crippen LogP) is 13.0. The Morgan fingerprint density at radius 3 is 1.84 bits per heavy atom. The van der Waals surface area contributed by atoms with E-state index in [1.165, 1.54) is 32.9 Å². The number of aromatic nitrogens is 1. The van der Waals surface area contributed by atoms with Gasteiger partial charge in [0.25, 0.3) is 0 Å². The SMILES string of the molecule is c1ccc(-c2ccc(N(c3ccc4c(ccc5c6ccccc6oc45)c3)c3ccc4c(c3)c3ccccc3n4-c3ccccc3)cc2)cc1. The number of hydrogen-bond donors (Lipinski definition) is 0. The Bertz CT molecular complexity index is 2810. The molecule has 10 aromatic rings. The van der Waals surface area contributed by atoms with Crippen LogP contribution in [0.3, 0.4) is 0 Å². The van der Waals surface area contributed by atoms with Gasteiger partial charge in [0.05, 0.1) is 11.0 Å². The molecule has 0 spiro atoms. The van der Waals surface area contributed by atoms with Gasteiger partial charge in [-0.05, 0) is 95.4 Å². The lowest BCUT2D eigenvalue weighted by molar-refractivity contribution is 0.672. The molecule has 0 aliphatic rings.